The Kier molecular flexibility index (Phi) is 4.98. The molecule has 0 bridgehead atoms. The molecule has 0 aromatic heterocycles. The molecule has 13 heavy (non-hydrogen) atoms. The molecule has 1 N–H and O–H groups in total. The van der Waals surface area contributed by atoms with Crippen molar-refractivity contribution in [2.45, 2.75) is 5.54 Å². The largest absolute Gasteiger partial charge is 0.467 e. The quantitative estimate of drug-likeness (QED) is 0.528. The zero-order chi connectivity index (χ0) is 9.03. The van der Waals surface area contributed by atoms with E-state index in [1.54, 1.807) is 13.2 Å². The van der Waals surface area contributed by atoms with E-state index in [0.717, 1.165) is 0 Å². The molecule has 76 valence electrons. The smallest absolute Gasteiger partial charge is 0.332 e. The van der Waals surface area contributed by atoms with Crippen molar-refractivity contribution in [2.24, 2.45) is 0 Å². The fourth-order valence-corrected chi connectivity index (χ4v) is 1.27. The van der Waals surface area contributed by atoms with Crippen LogP contribution in [0, 0.1) is 0 Å². The first-order valence-corrected chi connectivity index (χ1v) is 3.75. The first-order valence-electron chi connectivity index (χ1n) is 3.75. The summed E-state index contributed by atoms with van der Waals surface area (Å²) < 4.78 is 9.59. The molecule has 0 aromatic rings. The van der Waals surface area contributed by atoms with Crippen molar-refractivity contribution in [3.8, 4) is 0 Å². The Labute approximate surface area is 83.7 Å². The number of carbonyl (C=O) groups excluding carboxylic acids is 1. The van der Waals surface area contributed by atoms with Crippen LogP contribution in [0.25, 0.3) is 0 Å². The predicted molar refractivity (Wildman–Crippen MR) is 51.0 cm³/mol. The number of hydrogen-bond donors (Lipinski definition) is 1. The molecule has 0 spiro atoms. The number of rotatable bonds is 3. The number of methoxy groups -OCH3 is 2. The fraction of sp³-hybridized carbons (Fsp3) is 0.625. The third-order valence-corrected chi connectivity index (χ3v) is 1.86. The highest BCUT2D eigenvalue weighted by atomic mass is 35.5. The van der Waals surface area contributed by atoms with Crippen LogP contribution in [0.5, 0.6) is 0 Å². The van der Waals surface area contributed by atoms with E-state index in [2.05, 4.69) is 10.1 Å². The molecule has 0 radical (unpaired) electrons. The lowest BCUT2D eigenvalue weighted by atomic mass is 10.0. The van der Waals surface area contributed by atoms with Crippen molar-refractivity contribution in [3.63, 3.8) is 0 Å². The monoisotopic (exact) mass is 207 g/mol. The Balaban J connectivity index is 0.00000144. The number of nitrogens with one attached hydrogen (secondary N) is 1. The van der Waals surface area contributed by atoms with E-state index in [-0.39, 0.29) is 18.4 Å². The molecule has 1 atom stereocenters. The van der Waals surface area contributed by atoms with E-state index in [1.165, 1.54) is 7.11 Å². The lowest BCUT2D eigenvalue weighted by molar-refractivity contribution is -0.148. The highest BCUT2D eigenvalue weighted by Crippen LogP contribution is 2.14. The second kappa shape index (κ2) is 5.21. The van der Waals surface area contributed by atoms with Crippen LogP contribution in [0.3, 0.4) is 0 Å². The van der Waals surface area contributed by atoms with Gasteiger partial charge in [0.05, 0.1) is 13.7 Å². The zero-order valence-electron chi connectivity index (χ0n) is 7.70. The van der Waals surface area contributed by atoms with E-state index in [1.807, 2.05) is 6.08 Å². The van der Waals surface area contributed by atoms with Gasteiger partial charge < -0.3 is 9.47 Å². The third kappa shape index (κ3) is 2.43. The molecule has 0 aromatic carbocycles. The zero-order valence-corrected chi connectivity index (χ0v) is 8.52. The van der Waals surface area contributed by atoms with Crippen LogP contribution in [-0.2, 0) is 14.3 Å². The maximum atomic E-state index is 11.3. The predicted octanol–water partition coefficient (Wildman–Crippen LogP) is 0.126. The van der Waals surface area contributed by atoms with Crippen LogP contribution < -0.4 is 5.32 Å². The summed E-state index contributed by atoms with van der Waals surface area (Å²) in [6, 6.07) is 0. The van der Waals surface area contributed by atoms with Crippen molar-refractivity contribution in [3.05, 3.63) is 12.2 Å². The summed E-state index contributed by atoms with van der Waals surface area (Å²) in [5.41, 5.74) is -0.760. The van der Waals surface area contributed by atoms with Gasteiger partial charge in [0.15, 0.2) is 5.54 Å². The van der Waals surface area contributed by atoms with Gasteiger partial charge in [-0.25, -0.2) is 4.79 Å². The molecule has 0 saturated carbocycles. The summed E-state index contributed by atoms with van der Waals surface area (Å²) in [5, 5.41) is 3.01. The van der Waals surface area contributed by atoms with Gasteiger partial charge in [-0.15, -0.1) is 12.4 Å². The summed E-state index contributed by atoms with van der Waals surface area (Å²) in [7, 11) is 2.92. The Morgan fingerprint density at radius 1 is 1.62 bits per heavy atom. The normalized spacial score (nSPS) is 25.4. The van der Waals surface area contributed by atoms with E-state index in [0.29, 0.717) is 13.2 Å². The van der Waals surface area contributed by atoms with Gasteiger partial charge in [0.1, 0.15) is 0 Å². The van der Waals surface area contributed by atoms with Gasteiger partial charge in [-0.3, -0.25) is 5.32 Å². The summed E-state index contributed by atoms with van der Waals surface area (Å²) >= 11 is 0. The first-order chi connectivity index (χ1) is 5.75. The van der Waals surface area contributed by atoms with Crippen molar-refractivity contribution >= 4 is 18.4 Å². The van der Waals surface area contributed by atoms with Gasteiger partial charge in [-0.1, -0.05) is 12.2 Å². The first kappa shape index (κ1) is 12.4. The average Bonchev–Trinajstić information content (AvgIpc) is 2.53. The second-order valence-corrected chi connectivity index (χ2v) is 2.68. The molecule has 1 aliphatic heterocycles. The molecule has 1 unspecified atom stereocenters. The molecular formula is C8H14ClNO3. The van der Waals surface area contributed by atoms with E-state index in [9.17, 15) is 4.79 Å². The maximum absolute atomic E-state index is 11.3. The van der Waals surface area contributed by atoms with Crippen LogP contribution >= 0.6 is 12.4 Å². The number of esters is 1. The van der Waals surface area contributed by atoms with Gasteiger partial charge in [0.2, 0.25) is 0 Å². The highest BCUT2D eigenvalue weighted by Gasteiger charge is 2.38. The molecule has 0 fully saturated rings. The fourth-order valence-electron chi connectivity index (χ4n) is 1.27. The van der Waals surface area contributed by atoms with E-state index in [4.69, 9.17) is 4.74 Å². The molecule has 0 amide bonds. The Bertz CT molecular complexity index is 208. The number of halogens is 1. The number of hydrogen-bond acceptors (Lipinski definition) is 4. The van der Waals surface area contributed by atoms with Crippen molar-refractivity contribution in [2.75, 3.05) is 27.4 Å². The average molecular weight is 208 g/mol. The Morgan fingerprint density at radius 3 is 2.69 bits per heavy atom. The van der Waals surface area contributed by atoms with Gasteiger partial charge in [0, 0.05) is 13.7 Å². The van der Waals surface area contributed by atoms with Gasteiger partial charge >= 0.3 is 5.97 Å². The van der Waals surface area contributed by atoms with Crippen molar-refractivity contribution in [1.82, 2.24) is 5.32 Å². The van der Waals surface area contributed by atoms with Crippen LogP contribution in [0.2, 0.25) is 0 Å². The van der Waals surface area contributed by atoms with Crippen LogP contribution in [0.1, 0.15) is 0 Å². The van der Waals surface area contributed by atoms with E-state index < -0.39 is 5.54 Å². The molecule has 1 aliphatic rings. The van der Waals surface area contributed by atoms with Crippen LogP contribution in [0.4, 0.5) is 0 Å². The molecule has 4 nitrogen and oxygen atoms in total. The number of ether oxygens (including phenoxy) is 2. The SMILES string of the molecule is COCC1(C(=O)OC)C=CCN1.Cl. The summed E-state index contributed by atoms with van der Waals surface area (Å²) in [5.74, 6) is -0.307. The van der Waals surface area contributed by atoms with Crippen LogP contribution in [-0.4, -0.2) is 38.9 Å². The minimum Gasteiger partial charge on any atom is -0.467 e. The summed E-state index contributed by atoms with van der Waals surface area (Å²) in [6.07, 6.45) is 3.66. The molecular weight excluding hydrogens is 194 g/mol. The van der Waals surface area contributed by atoms with E-state index >= 15 is 0 Å². The highest BCUT2D eigenvalue weighted by molar-refractivity contribution is 5.85. The van der Waals surface area contributed by atoms with Crippen LogP contribution in [0.15, 0.2) is 12.2 Å². The molecule has 5 heteroatoms. The molecule has 0 aliphatic carbocycles. The summed E-state index contributed by atoms with van der Waals surface area (Å²) in [6.45, 7) is 0.981. The summed E-state index contributed by atoms with van der Waals surface area (Å²) in [4.78, 5) is 11.3. The minimum absolute atomic E-state index is 0. The molecule has 1 rings (SSSR count). The van der Waals surface area contributed by atoms with Gasteiger partial charge in [0.25, 0.3) is 0 Å². The second-order valence-electron chi connectivity index (χ2n) is 2.68. The minimum atomic E-state index is -0.760. The van der Waals surface area contributed by atoms with Gasteiger partial charge in [-0.2, -0.15) is 0 Å². The number of carbonyl (C=O) groups is 1. The van der Waals surface area contributed by atoms with Crippen molar-refractivity contribution in [1.29, 1.82) is 0 Å². The lowest BCUT2D eigenvalue weighted by Gasteiger charge is -2.23. The third-order valence-electron chi connectivity index (χ3n) is 1.86. The van der Waals surface area contributed by atoms with Gasteiger partial charge in [-0.05, 0) is 0 Å². The molecule has 0 saturated heterocycles. The maximum Gasteiger partial charge on any atom is 0.332 e. The molecule has 1 heterocycles. The Hall–Kier alpha value is -0.580. The lowest BCUT2D eigenvalue weighted by Crippen LogP contribution is -2.51. The Morgan fingerprint density at radius 2 is 2.31 bits per heavy atom. The topological polar surface area (TPSA) is 47.6 Å². The van der Waals surface area contributed by atoms with Crippen molar-refractivity contribution < 1.29 is 14.3 Å². The standard InChI is InChI=1S/C8H13NO3.ClH/c1-11-6-8(7(10)12-2)4-3-5-9-8;/h3-4,9H,5-6H2,1-2H3;1H.